The molecule has 0 saturated heterocycles. The molecule has 0 aliphatic carbocycles. The second-order valence-electron chi connectivity index (χ2n) is 3.32. The summed E-state index contributed by atoms with van der Waals surface area (Å²) in [5, 5.41) is 10.8. The average molecular weight is 269 g/mol. The topological polar surface area (TPSA) is 46.5 Å². The smallest absolute Gasteiger partial charge is 0.349 e. The fourth-order valence-electron chi connectivity index (χ4n) is 1.34. The maximum atomic E-state index is 10.9. The standard InChI is InChI=1S/C12H9ClO3S/c13-9-7-17-11(12(14)15)10(9)16-6-8-4-2-1-3-5-8/h1-5,7H,6H2,(H,14,15). The normalized spacial score (nSPS) is 10.2. The van der Waals surface area contributed by atoms with Gasteiger partial charge in [0, 0.05) is 5.38 Å². The minimum atomic E-state index is -1.02. The van der Waals surface area contributed by atoms with Crippen molar-refractivity contribution in [3.05, 3.63) is 51.2 Å². The third-order valence-corrected chi connectivity index (χ3v) is 3.48. The van der Waals surface area contributed by atoms with Crippen LogP contribution in [0.15, 0.2) is 35.7 Å². The van der Waals surface area contributed by atoms with Crippen LogP contribution in [0.5, 0.6) is 5.75 Å². The quantitative estimate of drug-likeness (QED) is 0.920. The highest BCUT2D eigenvalue weighted by molar-refractivity contribution is 7.13. The van der Waals surface area contributed by atoms with Crippen molar-refractivity contribution in [3.63, 3.8) is 0 Å². The Morgan fingerprint density at radius 3 is 2.71 bits per heavy atom. The zero-order valence-corrected chi connectivity index (χ0v) is 10.3. The van der Waals surface area contributed by atoms with E-state index in [1.165, 1.54) is 0 Å². The molecular weight excluding hydrogens is 260 g/mol. The summed E-state index contributed by atoms with van der Waals surface area (Å²) in [7, 11) is 0. The Balaban J connectivity index is 2.14. The van der Waals surface area contributed by atoms with Gasteiger partial charge in [0.05, 0.1) is 5.02 Å². The summed E-state index contributed by atoms with van der Waals surface area (Å²) < 4.78 is 5.45. The second kappa shape index (κ2) is 5.21. The molecule has 1 aromatic carbocycles. The van der Waals surface area contributed by atoms with Gasteiger partial charge in [0.25, 0.3) is 0 Å². The lowest BCUT2D eigenvalue weighted by molar-refractivity contribution is 0.0697. The lowest BCUT2D eigenvalue weighted by Gasteiger charge is -2.06. The Hall–Kier alpha value is -1.52. The van der Waals surface area contributed by atoms with Crippen LogP contribution < -0.4 is 4.74 Å². The molecule has 5 heteroatoms. The van der Waals surface area contributed by atoms with Gasteiger partial charge in [-0.1, -0.05) is 41.9 Å². The molecule has 0 atom stereocenters. The summed E-state index contributed by atoms with van der Waals surface area (Å²) in [6, 6.07) is 9.50. The highest BCUT2D eigenvalue weighted by atomic mass is 35.5. The van der Waals surface area contributed by atoms with Gasteiger partial charge in [0.2, 0.25) is 0 Å². The fourth-order valence-corrected chi connectivity index (χ4v) is 2.38. The first-order chi connectivity index (χ1) is 8.18. The monoisotopic (exact) mass is 268 g/mol. The zero-order chi connectivity index (χ0) is 12.3. The predicted octanol–water partition coefficient (Wildman–Crippen LogP) is 3.68. The molecular formula is C12H9ClO3S. The van der Waals surface area contributed by atoms with Crippen LogP contribution in [0.25, 0.3) is 0 Å². The molecule has 0 aliphatic heterocycles. The number of halogens is 1. The zero-order valence-electron chi connectivity index (χ0n) is 8.72. The van der Waals surface area contributed by atoms with E-state index in [-0.39, 0.29) is 10.6 Å². The number of carboxylic acids is 1. The van der Waals surface area contributed by atoms with Gasteiger partial charge in [-0.15, -0.1) is 11.3 Å². The fraction of sp³-hybridized carbons (Fsp3) is 0.0833. The number of carbonyl (C=O) groups is 1. The first kappa shape index (κ1) is 12.0. The number of carboxylic acid groups (broad SMARTS) is 1. The van der Waals surface area contributed by atoms with E-state index in [1.54, 1.807) is 5.38 Å². The van der Waals surface area contributed by atoms with Gasteiger partial charge in [-0.2, -0.15) is 0 Å². The van der Waals surface area contributed by atoms with Crippen molar-refractivity contribution in [2.75, 3.05) is 0 Å². The van der Waals surface area contributed by atoms with Crippen molar-refractivity contribution in [1.82, 2.24) is 0 Å². The molecule has 0 radical (unpaired) electrons. The molecule has 17 heavy (non-hydrogen) atoms. The van der Waals surface area contributed by atoms with Crippen LogP contribution in [-0.4, -0.2) is 11.1 Å². The van der Waals surface area contributed by atoms with Gasteiger partial charge in [-0.05, 0) is 5.56 Å². The molecule has 1 heterocycles. The van der Waals surface area contributed by atoms with Crippen molar-refractivity contribution in [3.8, 4) is 5.75 Å². The van der Waals surface area contributed by atoms with E-state index in [9.17, 15) is 4.79 Å². The van der Waals surface area contributed by atoms with Crippen molar-refractivity contribution < 1.29 is 14.6 Å². The third-order valence-electron chi connectivity index (χ3n) is 2.12. The molecule has 0 fully saturated rings. The van der Waals surface area contributed by atoms with Crippen molar-refractivity contribution in [2.45, 2.75) is 6.61 Å². The Bertz CT molecular complexity index is 522. The van der Waals surface area contributed by atoms with Gasteiger partial charge < -0.3 is 9.84 Å². The second-order valence-corrected chi connectivity index (χ2v) is 4.61. The minimum absolute atomic E-state index is 0.130. The highest BCUT2D eigenvalue weighted by Crippen LogP contribution is 2.35. The maximum Gasteiger partial charge on any atom is 0.349 e. The lowest BCUT2D eigenvalue weighted by atomic mass is 10.2. The van der Waals surface area contributed by atoms with E-state index in [0.29, 0.717) is 11.6 Å². The van der Waals surface area contributed by atoms with Crippen LogP contribution in [0.2, 0.25) is 5.02 Å². The Labute approximate surface area is 107 Å². The number of rotatable bonds is 4. The molecule has 2 rings (SSSR count). The number of hydrogen-bond acceptors (Lipinski definition) is 3. The highest BCUT2D eigenvalue weighted by Gasteiger charge is 2.17. The van der Waals surface area contributed by atoms with E-state index >= 15 is 0 Å². The molecule has 1 N–H and O–H groups in total. The summed E-state index contributed by atoms with van der Waals surface area (Å²) in [5.41, 5.74) is 0.964. The number of hydrogen-bond donors (Lipinski definition) is 1. The average Bonchev–Trinajstić information content (AvgIpc) is 2.69. The summed E-state index contributed by atoms with van der Waals surface area (Å²) in [6.07, 6.45) is 0. The molecule has 1 aromatic heterocycles. The summed E-state index contributed by atoms with van der Waals surface area (Å²) in [4.78, 5) is 11.0. The third kappa shape index (κ3) is 2.78. The van der Waals surface area contributed by atoms with Crippen LogP contribution >= 0.6 is 22.9 Å². The van der Waals surface area contributed by atoms with Gasteiger partial charge in [0.1, 0.15) is 6.61 Å². The van der Waals surface area contributed by atoms with E-state index in [1.807, 2.05) is 30.3 Å². The number of benzene rings is 1. The first-order valence-corrected chi connectivity index (χ1v) is 6.11. The summed E-state index contributed by atoms with van der Waals surface area (Å²) in [6.45, 7) is 0.303. The Morgan fingerprint density at radius 2 is 2.06 bits per heavy atom. The summed E-state index contributed by atoms with van der Waals surface area (Å²) >= 11 is 6.94. The molecule has 0 unspecified atom stereocenters. The Kier molecular flexibility index (Phi) is 3.66. The molecule has 0 saturated carbocycles. The van der Waals surface area contributed by atoms with E-state index < -0.39 is 5.97 Å². The molecule has 0 aliphatic rings. The van der Waals surface area contributed by atoms with Gasteiger partial charge in [-0.25, -0.2) is 4.79 Å². The Morgan fingerprint density at radius 1 is 1.35 bits per heavy atom. The lowest BCUT2D eigenvalue weighted by Crippen LogP contribution is -2.00. The number of thiophene rings is 1. The van der Waals surface area contributed by atoms with Gasteiger partial charge in [-0.3, -0.25) is 0 Å². The molecule has 0 bridgehead atoms. The molecule has 88 valence electrons. The number of ether oxygens (including phenoxy) is 1. The number of aromatic carboxylic acids is 1. The molecule has 0 spiro atoms. The van der Waals surface area contributed by atoms with Gasteiger partial charge in [0.15, 0.2) is 10.6 Å². The SMILES string of the molecule is O=C(O)c1scc(Cl)c1OCc1ccccc1. The first-order valence-electron chi connectivity index (χ1n) is 4.85. The molecule has 3 nitrogen and oxygen atoms in total. The summed E-state index contributed by atoms with van der Waals surface area (Å²) in [5.74, 6) is -0.780. The minimum Gasteiger partial charge on any atom is -0.486 e. The van der Waals surface area contributed by atoms with E-state index in [0.717, 1.165) is 16.9 Å². The van der Waals surface area contributed by atoms with Crippen LogP contribution in [0.1, 0.15) is 15.2 Å². The van der Waals surface area contributed by atoms with Crippen molar-refractivity contribution >= 4 is 28.9 Å². The van der Waals surface area contributed by atoms with Gasteiger partial charge >= 0.3 is 5.97 Å². The van der Waals surface area contributed by atoms with Crippen molar-refractivity contribution in [2.24, 2.45) is 0 Å². The molecule has 2 aromatic rings. The largest absolute Gasteiger partial charge is 0.486 e. The van der Waals surface area contributed by atoms with E-state index in [2.05, 4.69) is 0 Å². The van der Waals surface area contributed by atoms with Crippen LogP contribution in [0, 0.1) is 0 Å². The van der Waals surface area contributed by atoms with E-state index in [4.69, 9.17) is 21.4 Å². The van der Waals surface area contributed by atoms with Crippen LogP contribution in [0.4, 0.5) is 0 Å². The van der Waals surface area contributed by atoms with Crippen LogP contribution in [0.3, 0.4) is 0 Å². The predicted molar refractivity (Wildman–Crippen MR) is 67.1 cm³/mol. The van der Waals surface area contributed by atoms with Crippen LogP contribution in [-0.2, 0) is 6.61 Å². The molecule has 0 amide bonds. The van der Waals surface area contributed by atoms with Crippen molar-refractivity contribution in [1.29, 1.82) is 0 Å². The maximum absolute atomic E-state index is 10.9.